The molecule has 2 aliphatic rings. The molecular formula is C18H36N4O. The highest BCUT2D eigenvalue weighted by Gasteiger charge is 2.21. The molecule has 1 atom stereocenters. The maximum atomic E-state index is 5.74. The van der Waals surface area contributed by atoms with Gasteiger partial charge in [0.05, 0.1) is 13.2 Å². The van der Waals surface area contributed by atoms with Gasteiger partial charge >= 0.3 is 0 Å². The van der Waals surface area contributed by atoms with E-state index in [4.69, 9.17) is 9.73 Å². The molecule has 134 valence electrons. The molecule has 23 heavy (non-hydrogen) atoms. The minimum atomic E-state index is 0.718. The molecule has 0 radical (unpaired) electrons. The van der Waals surface area contributed by atoms with Gasteiger partial charge in [-0.2, -0.15) is 0 Å². The highest BCUT2D eigenvalue weighted by Crippen LogP contribution is 2.28. The van der Waals surface area contributed by atoms with E-state index in [9.17, 15) is 0 Å². The standard InChI is InChI=1S/C18H36N4O/c1-4-19-18(21(3)13-14-23-15-17-8-9-17)20-10-12-22-11-6-5-7-16(22)2/h16-17H,4-15H2,1-3H3,(H,19,20). The number of aliphatic imine (C=N–C) groups is 1. The Morgan fingerprint density at radius 3 is 2.83 bits per heavy atom. The molecule has 2 fully saturated rings. The Hall–Kier alpha value is -0.810. The van der Waals surface area contributed by atoms with Crippen LogP contribution in [-0.2, 0) is 4.74 Å². The fourth-order valence-corrected chi connectivity index (χ4v) is 3.09. The van der Waals surface area contributed by atoms with Crippen LogP contribution in [0.25, 0.3) is 0 Å². The predicted molar refractivity (Wildman–Crippen MR) is 97.0 cm³/mol. The minimum Gasteiger partial charge on any atom is -0.379 e. The maximum absolute atomic E-state index is 5.74. The van der Waals surface area contributed by atoms with E-state index in [1.54, 1.807) is 0 Å². The van der Waals surface area contributed by atoms with Gasteiger partial charge in [-0.3, -0.25) is 9.89 Å². The zero-order valence-corrected chi connectivity index (χ0v) is 15.4. The van der Waals surface area contributed by atoms with Crippen LogP contribution in [0.2, 0.25) is 0 Å². The summed E-state index contributed by atoms with van der Waals surface area (Å²) in [5.41, 5.74) is 0. The average Bonchev–Trinajstić information content (AvgIpc) is 3.36. The summed E-state index contributed by atoms with van der Waals surface area (Å²) < 4.78 is 5.74. The molecule has 0 spiro atoms. The van der Waals surface area contributed by atoms with Crippen molar-refractivity contribution in [3.63, 3.8) is 0 Å². The molecule has 0 amide bonds. The third-order valence-electron chi connectivity index (χ3n) is 4.91. The Morgan fingerprint density at radius 2 is 2.13 bits per heavy atom. The van der Waals surface area contributed by atoms with Crippen molar-refractivity contribution in [2.45, 2.75) is 52.0 Å². The monoisotopic (exact) mass is 324 g/mol. The molecule has 0 aromatic heterocycles. The zero-order chi connectivity index (χ0) is 16.5. The zero-order valence-electron chi connectivity index (χ0n) is 15.4. The summed E-state index contributed by atoms with van der Waals surface area (Å²) in [5.74, 6) is 1.85. The van der Waals surface area contributed by atoms with E-state index in [0.29, 0.717) is 0 Å². The quantitative estimate of drug-likeness (QED) is 0.401. The molecule has 0 aromatic carbocycles. The topological polar surface area (TPSA) is 40.1 Å². The van der Waals surface area contributed by atoms with Crippen molar-refractivity contribution in [1.29, 1.82) is 0 Å². The van der Waals surface area contributed by atoms with E-state index in [0.717, 1.165) is 57.3 Å². The van der Waals surface area contributed by atoms with Crippen LogP contribution >= 0.6 is 0 Å². The number of rotatable bonds is 9. The first-order valence-electron chi connectivity index (χ1n) is 9.52. The molecule has 2 rings (SSSR count). The lowest BCUT2D eigenvalue weighted by Crippen LogP contribution is -2.42. The second-order valence-corrected chi connectivity index (χ2v) is 7.06. The van der Waals surface area contributed by atoms with Gasteiger partial charge in [-0.15, -0.1) is 0 Å². The number of likely N-dealkylation sites (tertiary alicyclic amines) is 1. The van der Waals surface area contributed by atoms with Crippen LogP contribution in [0.15, 0.2) is 4.99 Å². The lowest BCUT2D eigenvalue weighted by Gasteiger charge is -2.33. The van der Waals surface area contributed by atoms with E-state index in [1.807, 2.05) is 0 Å². The van der Waals surface area contributed by atoms with Crippen molar-refractivity contribution >= 4 is 5.96 Å². The molecular weight excluding hydrogens is 288 g/mol. The predicted octanol–water partition coefficient (Wildman–Crippen LogP) is 2.18. The van der Waals surface area contributed by atoms with Crippen molar-refractivity contribution < 1.29 is 4.74 Å². The molecule has 0 aromatic rings. The second kappa shape index (κ2) is 10.1. The van der Waals surface area contributed by atoms with Crippen LogP contribution in [0.4, 0.5) is 0 Å². The number of nitrogens with one attached hydrogen (secondary N) is 1. The lowest BCUT2D eigenvalue weighted by atomic mass is 10.0. The number of hydrogen-bond acceptors (Lipinski definition) is 3. The Labute approximate surface area is 142 Å². The van der Waals surface area contributed by atoms with E-state index < -0.39 is 0 Å². The maximum Gasteiger partial charge on any atom is 0.193 e. The van der Waals surface area contributed by atoms with Crippen molar-refractivity contribution in [3.05, 3.63) is 0 Å². The van der Waals surface area contributed by atoms with Crippen molar-refractivity contribution in [2.75, 3.05) is 53.0 Å². The van der Waals surface area contributed by atoms with Crippen molar-refractivity contribution in [2.24, 2.45) is 10.9 Å². The number of likely N-dealkylation sites (N-methyl/N-ethyl adjacent to an activating group) is 1. The number of piperidine rings is 1. The van der Waals surface area contributed by atoms with Crippen LogP contribution in [0, 0.1) is 5.92 Å². The highest BCUT2D eigenvalue weighted by atomic mass is 16.5. The fourth-order valence-electron chi connectivity index (χ4n) is 3.09. The van der Waals surface area contributed by atoms with Gasteiger partial charge in [0.25, 0.3) is 0 Å². The van der Waals surface area contributed by atoms with Gasteiger partial charge in [0.1, 0.15) is 0 Å². The minimum absolute atomic E-state index is 0.718. The van der Waals surface area contributed by atoms with Crippen LogP contribution in [0.3, 0.4) is 0 Å². The van der Waals surface area contributed by atoms with E-state index in [-0.39, 0.29) is 0 Å². The van der Waals surface area contributed by atoms with Crippen LogP contribution in [-0.4, -0.2) is 74.8 Å². The third kappa shape index (κ3) is 7.08. The summed E-state index contributed by atoms with van der Waals surface area (Å²) in [7, 11) is 2.10. The number of nitrogens with zero attached hydrogens (tertiary/aromatic N) is 3. The summed E-state index contributed by atoms with van der Waals surface area (Å²) in [4.78, 5) is 9.57. The Morgan fingerprint density at radius 1 is 1.30 bits per heavy atom. The molecule has 1 saturated carbocycles. The van der Waals surface area contributed by atoms with Gasteiger partial charge in [-0.25, -0.2) is 0 Å². The average molecular weight is 325 g/mol. The van der Waals surface area contributed by atoms with Crippen LogP contribution < -0.4 is 5.32 Å². The van der Waals surface area contributed by atoms with E-state index in [2.05, 4.69) is 36.0 Å². The van der Waals surface area contributed by atoms with Gasteiger partial charge in [0.2, 0.25) is 0 Å². The second-order valence-electron chi connectivity index (χ2n) is 7.06. The van der Waals surface area contributed by atoms with Crippen LogP contribution in [0.5, 0.6) is 0 Å². The van der Waals surface area contributed by atoms with E-state index >= 15 is 0 Å². The fraction of sp³-hybridized carbons (Fsp3) is 0.944. The van der Waals surface area contributed by atoms with Crippen molar-refractivity contribution in [3.8, 4) is 0 Å². The van der Waals surface area contributed by atoms with Crippen LogP contribution in [0.1, 0.15) is 46.0 Å². The first-order valence-corrected chi connectivity index (χ1v) is 9.52. The highest BCUT2D eigenvalue weighted by molar-refractivity contribution is 5.79. The molecule has 1 heterocycles. The third-order valence-corrected chi connectivity index (χ3v) is 4.91. The molecule has 1 aliphatic heterocycles. The number of hydrogen-bond donors (Lipinski definition) is 1. The van der Waals surface area contributed by atoms with Crippen molar-refractivity contribution in [1.82, 2.24) is 15.1 Å². The number of ether oxygens (including phenoxy) is 1. The molecule has 1 saturated heterocycles. The molecule has 0 bridgehead atoms. The summed E-state index contributed by atoms with van der Waals surface area (Å²) in [5, 5.41) is 3.40. The van der Waals surface area contributed by atoms with Gasteiger partial charge < -0.3 is 15.0 Å². The molecule has 5 nitrogen and oxygen atoms in total. The SMILES string of the molecule is CCNC(=NCCN1CCCCC1C)N(C)CCOCC1CC1. The molecule has 1 aliphatic carbocycles. The Balaban J connectivity index is 1.68. The molecule has 1 N–H and O–H groups in total. The summed E-state index contributed by atoms with van der Waals surface area (Å²) >= 11 is 0. The summed E-state index contributed by atoms with van der Waals surface area (Å²) in [6.45, 7) is 11.2. The summed E-state index contributed by atoms with van der Waals surface area (Å²) in [6.07, 6.45) is 6.77. The first kappa shape index (κ1) is 18.5. The van der Waals surface area contributed by atoms with E-state index in [1.165, 1.54) is 38.6 Å². The molecule has 1 unspecified atom stereocenters. The normalized spacial score (nSPS) is 23.1. The smallest absolute Gasteiger partial charge is 0.193 e. The van der Waals surface area contributed by atoms with Gasteiger partial charge in [0, 0.05) is 39.3 Å². The summed E-state index contributed by atoms with van der Waals surface area (Å²) in [6, 6.07) is 0.718. The first-order chi connectivity index (χ1) is 11.2. The Kier molecular flexibility index (Phi) is 8.17. The molecule has 5 heteroatoms. The number of guanidine groups is 1. The largest absolute Gasteiger partial charge is 0.379 e. The Bertz CT molecular complexity index is 357. The van der Waals surface area contributed by atoms with Gasteiger partial charge in [-0.1, -0.05) is 6.42 Å². The lowest BCUT2D eigenvalue weighted by molar-refractivity contribution is 0.115. The van der Waals surface area contributed by atoms with Gasteiger partial charge in [0.15, 0.2) is 5.96 Å². The van der Waals surface area contributed by atoms with Gasteiger partial charge in [-0.05, 0) is 52.0 Å².